The number of hydrogen-bond donors (Lipinski definition) is 3. The molecule has 78 valence electrons. The van der Waals surface area contributed by atoms with Crippen molar-refractivity contribution in [2.24, 2.45) is 5.73 Å². The van der Waals surface area contributed by atoms with Crippen molar-refractivity contribution in [2.75, 3.05) is 6.61 Å². The van der Waals surface area contributed by atoms with E-state index in [1.54, 1.807) is 6.07 Å². The van der Waals surface area contributed by atoms with E-state index in [4.69, 9.17) is 15.9 Å². The number of aliphatic hydroxyl groups excluding tert-OH is 2. The fourth-order valence-electron chi connectivity index (χ4n) is 1.23. The van der Waals surface area contributed by atoms with Crippen LogP contribution in [0.25, 0.3) is 0 Å². The maximum atomic E-state index is 13.2. The molecule has 1 aromatic rings. The van der Waals surface area contributed by atoms with Gasteiger partial charge in [-0.3, -0.25) is 0 Å². The average Bonchev–Trinajstić information content (AvgIpc) is 2.18. The van der Waals surface area contributed by atoms with Crippen molar-refractivity contribution in [1.82, 2.24) is 0 Å². The van der Waals surface area contributed by atoms with Crippen LogP contribution in [0.3, 0.4) is 0 Å². The number of hydrogen-bond acceptors (Lipinski definition) is 3. The normalized spacial score (nSPS) is 12.9. The minimum absolute atomic E-state index is 0.0233. The van der Waals surface area contributed by atoms with Crippen LogP contribution in [0.2, 0.25) is 0 Å². The highest BCUT2D eigenvalue weighted by molar-refractivity contribution is 5.26. The van der Waals surface area contributed by atoms with Crippen molar-refractivity contribution in [3.05, 3.63) is 35.1 Å². The van der Waals surface area contributed by atoms with Gasteiger partial charge in [0.1, 0.15) is 5.82 Å². The van der Waals surface area contributed by atoms with E-state index in [9.17, 15) is 4.39 Å². The van der Waals surface area contributed by atoms with Crippen molar-refractivity contribution in [1.29, 1.82) is 0 Å². The van der Waals surface area contributed by atoms with Gasteiger partial charge in [0.05, 0.1) is 6.61 Å². The molecule has 0 aliphatic heterocycles. The predicted octanol–water partition coefficient (Wildman–Crippen LogP) is 0.700. The topological polar surface area (TPSA) is 66.5 Å². The van der Waals surface area contributed by atoms with Crippen LogP contribution in [0.15, 0.2) is 18.2 Å². The van der Waals surface area contributed by atoms with Gasteiger partial charge in [-0.1, -0.05) is 12.1 Å². The van der Waals surface area contributed by atoms with E-state index in [-0.39, 0.29) is 24.8 Å². The lowest BCUT2D eigenvalue weighted by atomic mass is 10.0. The molecule has 4 heteroatoms. The Kier molecular flexibility index (Phi) is 4.00. The van der Waals surface area contributed by atoms with E-state index in [1.165, 1.54) is 12.1 Å². The maximum absolute atomic E-state index is 13.2. The SMILES string of the molecule is NC(CCO)c1ccc(CO)c(F)c1. The van der Waals surface area contributed by atoms with Crippen molar-refractivity contribution in [3.63, 3.8) is 0 Å². The Morgan fingerprint density at radius 3 is 2.57 bits per heavy atom. The fraction of sp³-hybridized carbons (Fsp3) is 0.400. The molecule has 0 radical (unpaired) electrons. The molecule has 0 heterocycles. The van der Waals surface area contributed by atoms with Gasteiger partial charge in [-0.05, 0) is 18.1 Å². The molecule has 0 aliphatic rings. The first kappa shape index (κ1) is 11.1. The van der Waals surface area contributed by atoms with Gasteiger partial charge in [0.25, 0.3) is 0 Å². The van der Waals surface area contributed by atoms with E-state index >= 15 is 0 Å². The van der Waals surface area contributed by atoms with Crippen molar-refractivity contribution < 1.29 is 14.6 Å². The summed E-state index contributed by atoms with van der Waals surface area (Å²) in [6.07, 6.45) is 0.401. The van der Waals surface area contributed by atoms with E-state index in [1.807, 2.05) is 0 Å². The van der Waals surface area contributed by atoms with Crippen LogP contribution in [-0.4, -0.2) is 16.8 Å². The van der Waals surface area contributed by atoms with Gasteiger partial charge in [0.15, 0.2) is 0 Å². The first-order chi connectivity index (χ1) is 6.69. The lowest BCUT2D eigenvalue weighted by molar-refractivity contribution is 0.273. The van der Waals surface area contributed by atoms with E-state index in [2.05, 4.69) is 0 Å². The molecule has 4 N–H and O–H groups in total. The first-order valence-electron chi connectivity index (χ1n) is 4.44. The lowest BCUT2D eigenvalue weighted by Gasteiger charge is -2.11. The van der Waals surface area contributed by atoms with Crippen molar-refractivity contribution >= 4 is 0 Å². The molecule has 0 aromatic heterocycles. The molecule has 1 rings (SSSR count). The van der Waals surface area contributed by atoms with Crippen LogP contribution in [0.1, 0.15) is 23.6 Å². The molecule has 3 nitrogen and oxygen atoms in total. The van der Waals surface area contributed by atoms with Gasteiger partial charge in [0, 0.05) is 18.2 Å². The molecule has 1 aromatic carbocycles. The quantitative estimate of drug-likeness (QED) is 0.668. The summed E-state index contributed by atoms with van der Waals surface area (Å²) in [6.45, 7) is -0.341. The Labute approximate surface area is 82.0 Å². The largest absolute Gasteiger partial charge is 0.396 e. The summed E-state index contributed by atoms with van der Waals surface area (Å²) >= 11 is 0. The lowest BCUT2D eigenvalue weighted by Crippen LogP contribution is -2.12. The molecule has 0 saturated carbocycles. The van der Waals surface area contributed by atoms with Crippen LogP contribution >= 0.6 is 0 Å². The van der Waals surface area contributed by atoms with Gasteiger partial charge in [-0.25, -0.2) is 4.39 Å². The van der Waals surface area contributed by atoms with E-state index < -0.39 is 5.82 Å². The monoisotopic (exact) mass is 199 g/mol. The minimum atomic E-state index is -0.460. The zero-order valence-electron chi connectivity index (χ0n) is 7.78. The molecule has 1 atom stereocenters. The molecule has 0 spiro atoms. The summed E-state index contributed by atoms with van der Waals surface area (Å²) in [5.74, 6) is -0.460. The number of rotatable bonds is 4. The average molecular weight is 199 g/mol. The van der Waals surface area contributed by atoms with Gasteiger partial charge < -0.3 is 15.9 Å². The summed E-state index contributed by atoms with van der Waals surface area (Å²) in [6, 6.07) is 4.10. The molecule has 0 bridgehead atoms. The second kappa shape index (κ2) is 5.05. The second-order valence-corrected chi connectivity index (χ2v) is 3.13. The van der Waals surface area contributed by atoms with Gasteiger partial charge in [0.2, 0.25) is 0 Å². The highest BCUT2D eigenvalue weighted by atomic mass is 19.1. The second-order valence-electron chi connectivity index (χ2n) is 3.13. The first-order valence-corrected chi connectivity index (χ1v) is 4.44. The molecular weight excluding hydrogens is 185 g/mol. The van der Waals surface area contributed by atoms with Crippen LogP contribution in [0.5, 0.6) is 0 Å². The standard InChI is InChI=1S/C10H14FNO2/c11-9-5-7(10(12)3-4-13)1-2-8(9)6-14/h1-2,5,10,13-14H,3-4,6,12H2. The highest BCUT2D eigenvalue weighted by Crippen LogP contribution is 2.17. The summed E-state index contributed by atoms with van der Waals surface area (Å²) < 4.78 is 13.2. The Hall–Kier alpha value is -0.970. The van der Waals surface area contributed by atoms with E-state index in [0.29, 0.717) is 12.0 Å². The minimum Gasteiger partial charge on any atom is -0.396 e. The fourth-order valence-corrected chi connectivity index (χ4v) is 1.23. The van der Waals surface area contributed by atoms with Gasteiger partial charge >= 0.3 is 0 Å². The third kappa shape index (κ3) is 2.51. The zero-order chi connectivity index (χ0) is 10.6. The molecule has 1 unspecified atom stereocenters. The Balaban J connectivity index is 2.85. The Morgan fingerprint density at radius 2 is 2.07 bits per heavy atom. The highest BCUT2D eigenvalue weighted by Gasteiger charge is 2.08. The summed E-state index contributed by atoms with van der Waals surface area (Å²) in [5, 5.41) is 17.4. The maximum Gasteiger partial charge on any atom is 0.129 e. The van der Waals surface area contributed by atoms with E-state index in [0.717, 1.165) is 0 Å². The predicted molar refractivity (Wildman–Crippen MR) is 51.0 cm³/mol. The van der Waals surface area contributed by atoms with Gasteiger partial charge in [-0.15, -0.1) is 0 Å². The molecule has 0 saturated heterocycles. The molecule has 14 heavy (non-hydrogen) atoms. The summed E-state index contributed by atoms with van der Waals surface area (Å²) in [7, 11) is 0. The van der Waals surface area contributed by atoms with Gasteiger partial charge in [-0.2, -0.15) is 0 Å². The van der Waals surface area contributed by atoms with Crippen LogP contribution < -0.4 is 5.73 Å². The van der Waals surface area contributed by atoms with Crippen LogP contribution in [-0.2, 0) is 6.61 Å². The van der Waals surface area contributed by atoms with Crippen LogP contribution in [0, 0.1) is 5.82 Å². The summed E-state index contributed by atoms with van der Waals surface area (Å²) in [5.41, 5.74) is 6.56. The number of aliphatic hydroxyl groups is 2. The molecule has 0 amide bonds. The van der Waals surface area contributed by atoms with Crippen molar-refractivity contribution in [3.8, 4) is 0 Å². The van der Waals surface area contributed by atoms with Crippen molar-refractivity contribution in [2.45, 2.75) is 19.1 Å². The third-order valence-electron chi connectivity index (χ3n) is 2.12. The molecule has 0 aliphatic carbocycles. The number of halogens is 1. The zero-order valence-corrected chi connectivity index (χ0v) is 7.78. The number of nitrogens with two attached hydrogens (primary N) is 1. The molecule has 0 fully saturated rings. The summed E-state index contributed by atoms with van der Waals surface area (Å²) in [4.78, 5) is 0. The van der Waals surface area contributed by atoms with Crippen LogP contribution in [0.4, 0.5) is 4.39 Å². The molecular formula is C10H14FNO2. The Morgan fingerprint density at radius 1 is 1.36 bits per heavy atom. The Bertz CT molecular complexity index is 304. The smallest absolute Gasteiger partial charge is 0.129 e. The number of benzene rings is 1. The third-order valence-corrected chi connectivity index (χ3v) is 2.12.